The Kier molecular flexibility index (Phi) is 0.769. The summed E-state index contributed by atoms with van der Waals surface area (Å²) in [5.74, 6) is 1.72. The molecule has 0 aromatic rings. The number of hydrogen-bond acceptors (Lipinski definition) is 0. The van der Waals surface area contributed by atoms with Crippen LogP contribution in [0.5, 0.6) is 0 Å². The third-order valence-corrected chi connectivity index (χ3v) is 3.20. The van der Waals surface area contributed by atoms with Crippen molar-refractivity contribution in [2.45, 2.75) is 26.7 Å². The highest BCUT2D eigenvalue weighted by Crippen LogP contribution is 2.66. The molecule has 2 rings (SSSR count). The van der Waals surface area contributed by atoms with Crippen LogP contribution in [0.2, 0.25) is 0 Å². The van der Waals surface area contributed by atoms with E-state index < -0.39 is 0 Å². The summed E-state index contributed by atoms with van der Waals surface area (Å²) in [6, 6.07) is 0. The molecule has 0 heteroatoms. The van der Waals surface area contributed by atoms with Crippen LogP contribution < -0.4 is 0 Å². The standard InChI is InChI=1S/C9H14/c1-6-4-9(3)5-8(9)7(6)2/h6,8H,2,4-5H2,1,3H3. The maximum Gasteiger partial charge on any atom is -0.0143 e. The molecule has 0 aliphatic heterocycles. The Balaban J connectivity index is 2.24. The molecule has 0 N–H and O–H groups in total. The van der Waals surface area contributed by atoms with Crippen LogP contribution in [0.1, 0.15) is 26.7 Å². The third-order valence-electron chi connectivity index (χ3n) is 3.20. The minimum Gasteiger partial charge on any atom is -0.0993 e. The van der Waals surface area contributed by atoms with Crippen LogP contribution in [-0.2, 0) is 0 Å². The van der Waals surface area contributed by atoms with Crippen molar-refractivity contribution in [1.82, 2.24) is 0 Å². The molecule has 2 fully saturated rings. The SMILES string of the molecule is C=C1C(C)CC2(C)CC12. The second kappa shape index (κ2) is 1.25. The zero-order valence-electron chi connectivity index (χ0n) is 6.28. The smallest absolute Gasteiger partial charge is 0.0143 e. The first kappa shape index (κ1) is 5.52. The average molecular weight is 122 g/mol. The fourth-order valence-corrected chi connectivity index (χ4v) is 2.39. The van der Waals surface area contributed by atoms with Gasteiger partial charge in [-0.05, 0) is 30.1 Å². The normalized spacial score (nSPS) is 55.6. The van der Waals surface area contributed by atoms with Crippen LogP contribution in [0.15, 0.2) is 12.2 Å². The first-order chi connectivity index (χ1) is 4.13. The van der Waals surface area contributed by atoms with Gasteiger partial charge in [0.25, 0.3) is 0 Å². The van der Waals surface area contributed by atoms with E-state index in [0.717, 1.165) is 11.8 Å². The van der Waals surface area contributed by atoms with Crippen LogP contribution in [0.25, 0.3) is 0 Å². The number of allylic oxidation sites excluding steroid dienone is 1. The Morgan fingerprint density at radius 1 is 1.56 bits per heavy atom. The van der Waals surface area contributed by atoms with E-state index in [9.17, 15) is 0 Å². The van der Waals surface area contributed by atoms with E-state index in [-0.39, 0.29) is 0 Å². The number of rotatable bonds is 0. The van der Waals surface area contributed by atoms with Gasteiger partial charge in [0, 0.05) is 0 Å². The quantitative estimate of drug-likeness (QED) is 0.433. The van der Waals surface area contributed by atoms with Gasteiger partial charge < -0.3 is 0 Å². The minimum atomic E-state index is 0.705. The maximum atomic E-state index is 4.10. The molecule has 9 heavy (non-hydrogen) atoms. The molecule has 0 aromatic heterocycles. The summed E-state index contributed by atoms with van der Waals surface area (Å²) >= 11 is 0. The molecule has 2 aliphatic carbocycles. The van der Waals surface area contributed by atoms with Crippen molar-refractivity contribution in [2.75, 3.05) is 0 Å². The molecule has 2 aliphatic rings. The lowest BCUT2D eigenvalue weighted by Gasteiger charge is -2.06. The van der Waals surface area contributed by atoms with E-state index in [1.54, 1.807) is 0 Å². The van der Waals surface area contributed by atoms with Gasteiger partial charge in [-0.25, -0.2) is 0 Å². The molecule has 50 valence electrons. The van der Waals surface area contributed by atoms with E-state index >= 15 is 0 Å². The van der Waals surface area contributed by atoms with Gasteiger partial charge in [-0.15, -0.1) is 0 Å². The minimum absolute atomic E-state index is 0.705. The van der Waals surface area contributed by atoms with Crippen molar-refractivity contribution >= 4 is 0 Å². The zero-order valence-corrected chi connectivity index (χ0v) is 6.28. The van der Waals surface area contributed by atoms with Crippen molar-refractivity contribution in [3.63, 3.8) is 0 Å². The van der Waals surface area contributed by atoms with Gasteiger partial charge in [-0.1, -0.05) is 26.0 Å². The average Bonchev–Trinajstić information content (AvgIpc) is 2.34. The van der Waals surface area contributed by atoms with Crippen LogP contribution >= 0.6 is 0 Å². The summed E-state index contributed by atoms with van der Waals surface area (Å²) < 4.78 is 0. The van der Waals surface area contributed by atoms with Crippen molar-refractivity contribution in [2.24, 2.45) is 17.3 Å². The molecule has 0 radical (unpaired) electrons. The van der Waals surface area contributed by atoms with Gasteiger partial charge in [0.1, 0.15) is 0 Å². The Hall–Kier alpha value is -0.260. The van der Waals surface area contributed by atoms with Gasteiger partial charge in [-0.3, -0.25) is 0 Å². The predicted octanol–water partition coefficient (Wildman–Crippen LogP) is 2.61. The topological polar surface area (TPSA) is 0 Å². The summed E-state index contributed by atoms with van der Waals surface area (Å²) in [6.07, 6.45) is 2.83. The molecule has 0 saturated heterocycles. The van der Waals surface area contributed by atoms with E-state index in [0.29, 0.717) is 5.41 Å². The monoisotopic (exact) mass is 122 g/mol. The number of fused-ring (bicyclic) bond motifs is 1. The lowest BCUT2D eigenvalue weighted by molar-refractivity contribution is 0.488. The highest BCUT2D eigenvalue weighted by atomic mass is 14.6. The predicted molar refractivity (Wildman–Crippen MR) is 39.1 cm³/mol. The summed E-state index contributed by atoms with van der Waals surface area (Å²) in [5, 5.41) is 0. The van der Waals surface area contributed by atoms with E-state index in [1.165, 1.54) is 18.4 Å². The molecule has 3 atom stereocenters. The third kappa shape index (κ3) is 0.540. The summed E-state index contributed by atoms with van der Waals surface area (Å²) in [5.41, 5.74) is 2.23. The van der Waals surface area contributed by atoms with E-state index in [4.69, 9.17) is 0 Å². The molecule has 0 amide bonds. The second-order valence-electron chi connectivity index (χ2n) is 4.09. The molecule has 0 nitrogen and oxygen atoms in total. The van der Waals surface area contributed by atoms with Crippen molar-refractivity contribution in [3.05, 3.63) is 12.2 Å². The Bertz CT molecular complexity index is 169. The van der Waals surface area contributed by atoms with Crippen molar-refractivity contribution in [3.8, 4) is 0 Å². The summed E-state index contributed by atoms with van der Waals surface area (Å²) in [6.45, 7) is 8.80. The van der Waals surface area contributed by atoms with E-state index in [1.807, 2.05) is 0 Å². The summed E-state index contributed by atoms with van der Waals surface area (Å²) in [7, 11) is 0. The molecule has 3 unspecified atom stereocenters. The molecular formula is C9H14. The summed E-state index contributed by atoms with van der Waals surface area (Å²) in [4.78, 5) is 0. The number of hydrogen-bond donors (Lipinski definition) is 0. The van der Waals surface area contributed by atoms with Crippen molar-refractivity contribution in [1.29, 1.82) is 0 Å². The van der Waals surface area contributed by atoms with Gasteiger partial charge in [0.15, 0.2) is 0 Å². The van der Waals surface area contributed by atoms with Crippen LogP contribution in [0.4, 0.5) is 0 Å². The zero-order chi connectivity index (χ0) is 6.65. The fraction of sp³-hybridized carbons (Fsp3) is 0.778. The van der Waals surface area contributed by atoms with E-state index in [2.05, 4.69) is 20.4 Å². The highest BCUT2D eigenvalue weighted by Gasteiger charge is 2.57. The van der Waals surface area contributed by atoms with Crippen molar-refractivity contribution < 1.29 is 0 Å². The lowest BCUT2D eigenvalue weighted by Crippen LogP contribution is -1.95. The highest BCUT2D eigenvalue weighted by molar-refractivity contribution is 5.26. The molecule has 0 heterocycles. The van der Waals surface area contributed by atoms with Gasteiger partial charge >= 0.3 is 0 Å². The molecular weight excluding hydrogens is 108 g/mol. The Labute approximate surface area is 57.0 Å². The van der Waals surface area contributed by atoms with Crippen LogP contribution in [0, 0.1) is 17.3 Å². The molecule has 0 aromatic carbocycles. The van der Waals surface area contributed by atoms with Crippen LogP contribution in [0.3, 0.4) is 0 Å². The molecule has 2 saturated carbocycles. The van der Waals surface area contributed by atoms with Crippen LogP contribution in [-0.4, -0.2) is 0 Å². The lowest BCUT2D eigenvalue weighted by atomic mass is 9.99. The van der Waals surface area contributed by atoms with Gasteiger partial charge in [-0.2, -0.15) is 0 Å². The second-order valence-corrected chi connectivity index (χ2v) is 4.09. The molecule has 0 bridgehead atoms. The molecule has 0 spiro atoms. The first-order valence-electron chi connectivity index (χ1n) is 3.82. The Morgan fingerprint density at radius 3 is 2.44 bits per heavy atom. The fourth-order valence-electron chi connectivity index (χ4n) is 2.39. The van der Waals surface area contributed by atoms with Gasteiger partial charge in [0.2, 0.25) is 0 Å². The largest absolute Gasteiger partial charge is 0.0993 e. The first-order valence-corrected chi connectivity index (χ1v) is 3.82. The maximum absolute atomic E-state index is 4.10. The Morgan fingerprint density at radius 2 is 2.22 bits per heavy atom. The van der Waals surface area contributed by atoms with Gasteiger partial charge in [0.05, 0.1) is 0 Å².